The Bertz CT molecular complexity index is 1280. The maximum absolute atomic E-state index is 14.5. The van der Waals surface area contributed by atoms with E-state index in [4.69, 9.17) is 5.26 Å². The second-order valence-corrected chi connectivity index (χ2v) is 7.35. The molecule has 0 aliphatic heterocycles. The molecular weight excluding hydrogens is 372 g/mol. The van der Waals surface area contributed by atoms with Crippen LogP contribution in [0.15, 0.2) is 60.9 Å². The third-order valence-electron chi connectivity index (χ3n) is 4.87. The number of aliphatic hydroxyl groups is 1. The van der Waals surface area contributed by atoms with Gasteiger partial charge >= 0.3 is 0 Å². The van der Waals surface area contributed by atoms with Gasteiger partial charge in [0.1, 0.15) is 18.0 Å². The first kappa shape index (κ1) is 18.8. The van der Waals surface area contributed by atoms with Crippen LogP contribution in [0.4, 0.5) is 8.78 Å². The Kier molecular flexibility index (Phi) is 4.40. The standard InChI is InChI=1S/C23H17F2N3O/c1-23(2,29)15-4-8-22-21(10-15)27-13-28(22)16-5-7-20(25)18(11-16)17-9-14(12-26)3-6-19(17)24/h3-11,13,29H,1-2H3. The summed E-state index contributed by atoms with van der Waals surface area (Å²) in [4.78, 5) is 4.38. The molecule has 3 aromatic carbocycles. The summed E-state index contributed by atoms with van der Waals surface area (Å²) < 4.78 is 30.6. The van der Waals surface area contributed by atoms with E-state index in [0.29, 0.717) is 11.2 Å². The third kappa shape index (κ3) is 3.37. The van der Waals surface area contributed by atoms with Gasteiger partial charge in [0.15, 0.2) is 0 Å². The fraction of sp³-hybridized carbons (Fsp3) is 0.130. The van der Waals surface area contributed by atoms with Crippen LogP contribution in [0, 0.1) is 23.0 Å². The minimum absolute atomic E-state index is 0.0251. The molecule has 144 valence electrons. The third-order valence-corrected chi connectivity index (χ3v) is 4.87. The summed E-state index contributed by atoms with van der Waals surface area (Å²) in [5.74, 6) is -1.19. The number of nitriles is 1. The molecule has 1 aromatic heterocycles. The van der Waals surface area contributed by atoms with E-state index in [9.17, 15) is 13.9 Å². The van der Waals surface area contributed by atoms with Crippen LogP contribution >= 0.6 is 0 Å². The molecular formula is C23H17F2N3O. The lowest BCUT2D eigenvalue weighted by atomic mass is 9.98. The van der Waals surface area contributed by atoms with Crippen LogP contribution in [-0.2, 0) is 5.60 Å². The van der Waals surface area contributed by atoms with Gasteiger partial charge in [0.2, 0.25) is 0 Å². The molecule has 0 amide bonds. The minimum Gasteiger partial charge on any atom is -0.386 e. The molecule has 0 spiro atoms. The van der Waals surface area contributed by atoms with E-state index in [1.54, 1.807) is 42.9 Å². The number of halogens is 2. The first-order valence-corrected chi connectivity index (χ1v) is 8.98. The number of fused-ring (bicyclic) bond motifs is 1. The SMILES string of the molecule is CC(C)(O)c1ccc2c(c1)ncn2-c1ccc(F)c(-c2cc(C#N)ccc2F)c1. The van der Waals surface area contributed by atoms with Crippen molar-refractivity contribution in [3.63, 3.8) is 0 Å². The van der Waals surface area contributed by atoms with Crippen molar-refractivity contribution in [3.05, 3.63) is 83.7 Å². The summed E-state index contributed by atoms with van der Waals surface area (Å²) in [7, 11) is 0. The molecule has 0 atom stereocenters. The quantitative estimate of drug-likeness (QED) is 0.532. The Morgan fingerprint density at radius 2 is 1.66 bits per heavy atom. The number of imidazole rings is 1. The van der Waals surface area contributed by atoms with Gasteiger partial charge in [-0.3, -0.25) is 4.57 Å². The number of hydrogen-bond donors (Lipinski definition) is 1. The molecule has 0 unspecified atom stereocenters. The van der Waals surface area contributed by atoms with Crippen molar-refractivity contribution in [2.75, 3.05) is 0 Å². The Balaban J connectivity index is 1.86. The van der Waals surface area contributed by atoms with Crippen molar-refractivity contribution in [1.82, 2.24) is 9.55 Å². The van der Waals surface area contributed by atoms with Crippen molar-refractivity contribution in [2.45, 2.75) is 19.4 Å². The highest BCUT2D eigenvalue weighted by molar-refractivity contribution is 5.79. The van der Waals surface area contributed by atoms with Crippen LogP contribution in [-0.4, -0.2) is 14.7 Å². The largest absolute Gasteiger partial charge is 0.386 e. The smallest absolute Gasteiger partial charge is 0.131 e. The van der Waals surface area contributed by atoms with Gasteiger partial charge in [-0.05, 0) is 67.9 Å². The van der Waals surface area contributed by atoms with Crippen LogP contribution in [0.3, 0.4) is 0 Å². The molecule has 29 heavy (non-hydrogen) atoms. The zero-order valence-corrected chi connectivity index (χ0v) is 15.8. The lowest BCUT2D eigenvalue weighted by molar-refractivity contribution is 0.0787. The van der Waals surface area contributed by atoms with Crippen molar-refractivity contribution >= 4 is 11.0 Å². The minimum atomic E-state index is -0.996. The fourth-order valence-electron chi connectivity index (χ4n) is 3.27. The van der Waals surface area contributed by atoms with E-state index < -0.39 is 17.2 Å². The fourth-order valence-corrected chi connectivity index (χ4v) is 3.27. The molecule has 0 saturated heterocycles. The van der Waals surface area contributed by atoms with Crippen molar-refractivity contribution in [3.8, 4) is 22.9 Å². The Morgan fingerprint density at radius 3 is 2.34 bits per heavy atom. The molecule has 0 aliphatic rings. The average molecular weight is 389 g/mol. The Hall–Kier alpha value is -3.56. The molecule has 0 bridgehead atoms. The highest BCUT2D eigenvalue weighted by Gasteiger charge is 2.18. The van der Waals surface area contributed by atoms with Gasteiger partial charge < -0.3 is 5.11 Å². The lowest BCUT2D eigenvalue weighted by Crippen LogP contribution is -2.15. The molecule has 6 heteroatoms. The summed E-state index contributed by atoms with van der Waals surface area (Å²) in [5, 5.41) is 19.3. The first-order valence-electron chi connectivity index (χ1n) is 8.98. The molecule has 1 N–H and O–H groups in total. The van der Waals surface area contributed by atoms with E-state index in [2.05, 4.69) is 4.98 Å². The van der Waals surface area contributed by atoms with Gasteiger partial charge in [-0.25, -0.2) is 13.8 Å². The topological polar surface area (TPSA) is 61.8 Å². The van der Waals surface area contributed by atoms with Gasteiger partial charge in [-0.1, -0.05) is 6.07 Å². The Labute approximate surface area is 166 Å². The summed E-state index contributed by atoms with van der Waals surface area (Å²) in [6, 6.07) is 15.6. The summed E-state index contributed by atoms with van der Waals surface area (Å²) >= 11 is 0. The Morgan fingerprint density at radius 1 is 0.966 bits per heavy atom. The number of aromatic nitrogens is 2. The molecule has 0 radical (unpaired) electrons. The molecule has 4 nitrogen and oxygen atoms in total. The summed E-state index contributed by atoms with van der Waals surface area (Å²) in [5.41, 5.74) is 2.11. The summed E-state index contributed by atoms with van der Waals surface area (Å²) in [6.45, 7) is 3.39. The second-order valence-electron chi connectivity index (χ2n) is 7.35. The predicted octanol–water partition coefficient (Wildman–Crippen LogP) is 5.07. The van der Waals surface area contributed by atoms with Gasteiger partial charge in [0.05, 0.1) is 28.3 Å². The van der Waals surface area contributed by atoms with Crippen LogP contribution in [0.1, 0.15) is 25.0 Å². The van der Waals surface area contributed by atoms with Gasteiger partial charge in [-0.15, -0.1) is 0 Å². The van der Waals surface area contributed by atoms with Crippen LogP contribution in [0.2, 0.25) is 0 Å². The van der Waals surface area contributed by atoms with E-state index in [0.717, 1.165) is 17.1 Å². The van der Waals surface area contributed by atoms with Crippen molar-refractivity contribution < 1.29 is 13.9 Å². The maximum atomic E-state index is 14.5. The van der Waals surface area contributed by atoms with Crippen LogP contribution < -0.4 is 0 Å². The lowest BCUT2D eigenvalue weighted by Gasteiger charge is -2.17. The van der Waals surface area contributed by atoms with Gasteiger partial charge in [0.25, 0.3) is 0 Å². The average Bonchev–Trinajstić information content (AvgIpc) is 3.12. The van der Waals surface area contributed by atoms with Crippen LogP contribution in [0.25, 0.3) is 27.8 Å². The number of rotatable bonds is 3. The first-order chi connectivity index (χ1) is 13.8. The summed E-state index contributed by atoms with van der Waals surface area (Å²) in [6.07, 6.45) is 1.60. The van der Waals surface area contributed by atoms with Crippen molar-refractivity contribution in [2.24, 2.45) is 0 Å². The van der Waals surface area contributed by atoms with E-state index >= 15 is 0 Å². The number of nitrogens with zero attached hydrogens (tertiary/aromatic N) is 3. The zero-order valence-electron chi connectivity index (χ0n) is 15.8. The second kappa shape index (κ2) is 6.80. The molecule has 4 aromatic rings. The number of benzene rings is 3. The predicted molar refractivity (Wildman–Crippen MR) is 106 cm³/mol. The molecule has 0 aliphatic carbocycles. The highest BCUT2D eigenvalue weighted by atomic mass is 19.1. The molecule has 4 rings (SSSR count). The zero-order chi connectivity index (χ0) is 20.8. The van der Waals surface area contributed by atoms with Gasteiger partial charge in [0, 0.05) is 16.8 Å². The van der Waals surface area contributed by atoms with E-state index in [-0.39, 0.29) is 16.7 Å². The van der Waals surface area contributed by atoms with E-state index in [1.165, 1.54) is 24.3 Å². The number of hydrogen-bond acceptors (Lipinski definition) is 3. The maximum Gasteiger partial charge on any atom is 0.131 e. The molecule has 0 fully saturated rings. The van der Waals surface area contributed by atoms with Crippen molar-refractivity contribution in [1.29, 1.82) is 5.26 Å². The van der Waals surface area contributed by atoms with Crippen LogP contribution in [0.5, 0.6) is 0 Å². The van der Waals surface area contributed by atoms with E-state index in [1.807, 2.05) is 12.1 Å². The molecule has 1 heterocycles. The molecule has 0 saturated carbocycles. The van der Waals surface area contributed by atoms with Gasteiger partial charge in [-0.2, -0.15) is 5.26 Å². The normalized spacial score (nSPS) is 11.6. The highest BCUT2D eigenvalue weighted by Crippen LogP contribution is 2.30. The monoisotopic (exact) mass is 389 g/mol.